The molecule has 0 radical (unpaired) electrons. The number of ketones is 1. The monoisotopic (exact) mass is 470 g/mol. The number of carbonyl (C=O) groups excluding carboxylic acids is 1. The predicted molar refractivity (Wildman–Crippen MR) is 117 cm³/mol. The van der Waals surface area contributed by atoms with Crippen molar-refractivity contribution in [3.63, 3.8) is 0 Å². The molecule has 0 bridgehead atoms. The lowest BCUT2D eigenvalue weighted by molar-refractivity contribution is 0.0856. The predicted octanol–water partition coefficient (Wildman–Crippen LogP) is 3.15. The zero-order valence-corrected chi connectivity index (χ0v) is 18.6. The Bertz CT molecular complexity index is 1290. The highest BCUT2D eigenvalue weighted by Gasteiger charge is 2.28. The van der Waals surface area contributed by atoms with Crippen LogP contribution in [-0.4, -0.2) is 25.0 Å². The first-order chi connectivity index (χ1) is 14.0. The van der Waals surface area contributed by atoms with E-state index in [1.807, 2.05) is 0 Å². The first-order valence-electron chi connectivity index (χ1n) is 9.06. The van der Waals surface area contributed by atoms with Gasteiger partial charge in [-0.05, 0) is 17.7 Å². The minimum Gasteiger partial charge on any atom is -0.503 e. The number of aliphatic hydroxyl groups is 1. The third kappa shape index (κ3) is 4.51. The van der Waals surface area contributed by atoms with E-state index in [1.54, 1.807) is 20.8 Å². The van der Waals surface area contributed by atoms with Crippen molar-refractivity contribution in [2.45, 2.75) is 33.9 Å². The van der Waals surface area contributed by atoms with Crippen molar-refractivity contribution in [2.24, 2.45) is 5.41 Å². The van der Waals surface area contributed by atoms with Gasteiger partial charge < -0.3 is 19.2 Å². The summed E-state index contributed by atoms with van der Waals surface area (Å²) in [6.07, 6.45) is 2.50. The Hall–Kier alpha value is -2.68. The summed E-state index contributed by atoms with van der Waals surface area (Å²) in [5.74, 6) is -2.00. The number of Topliss-reactive ketones (excluding diaryl/α,β-unsaturated/α-hetero) is 1. The molecule has 3 aromatic rings. The fourth-order valence-electron chi connectivity index (χ4n) is 3.10. The molecule has 2 N–H and O–H groups in total. The van der Waals surface area contributed by atoms with Gasteiger partial charge >= 0.3 is 0 Å². The SMILES string of the molecule is CC(C)(C)C(=O)c1cn2c(CO)cn(Cc3ccc(F)c(Cl)c3)c(=O)c2c(O)c1=O.Cl. The minimum absolute atomic E-state index is 0. The summed E-state index contributed by atoms with van der Waals surface area (Å²) in [4.78, 5) is 38.2. The Morgan fingerprint density at radius 2 is 1.84 bits per heavy atom. The molecule has 0 aliphatic carbocycles. The van der Waals surface area contributed by atoms with Crippen LogP contribution in [-0.2, 0) is 13.2 Å². The van der Waals surface area contributed by atoms with Gasteiger partial charge in [-0.1, -0.05) is 38.4 Å². The molecule has 166 valence electrons. The lowest BCUT2D eigenvalue weighted by atomic mass is 9.87. The van der Waals surface area contributed by atoms with E-state index in [9.17, 15) is 29.0 Å². The summed E-state index contributed by atoms with van der Waals surface area (Å²) in [5, 5.41) is 20.2. The Balaban J connectivity index is 0.00000341. The second-order valence-electron chi connectivity index (χ2n) is 7.98. The van der Waals surface area contributed by atoms with Crippen LogP contribution >= 0.6 is 24.0 Å². The summed E-state index contributed by atoms with van der Waals surface area (Å²) in [5.41, 5.74) is -2.57. The highest BCUT2D eigenvalue weighted by molar-refractivity contribution is 6.30. The maximum atomic E-state index is 13.4. The van der Waals surface area contributed by atoms with Gasteiger partial charge in [0.25, 0.3) is 5.56 Å². The van der Waals surface area contributed by atoms with Crippen molar-refractivity contribution in [2.75, 3.05) is 0 Å². The summed E-state index contributed by atoms with van der Waals surface area (Å²) in [6.45, 7) is 4.30. The van der Waals surface area contributed by atoms with Crippen LogP contribution < -0.4 is 11.0 Å². The van der Waals surface area contributed by atoms with Gasteiger partial charge in [-0.25, -0.2) is 4.39 Å². The maximum Gasteiger partial charge on any atom is 0.279 e. The molecule has 10 heteroatoms. The number of aromatic nitrogens is 2. The van der Waals surface area contributed by atoms with E-state index in [0.29, 0.717) is 5.56 Å². The van der Waals surface area contributed by atoms with Crippen LogP contribution in [0.2, 0.25) is 5.02 Å². The molecule has 7 nitrogen and oxygen atoms in total. The maximum absolute atomic E-state index is 13.4. The highest BCUT2D eigenvalue weighted by Crippen LogP contribution is 2.22. The Labute approximate surface area is 187 Å². The summed E-state index contributed by atoms with van der Waals surface area (Å²) >= 11 is 5.78. The topological polar surface area (TPSA) is 101 Å². The fourth-order valence-corrected chi connectivity index (χ4v) is 3.31. The second-order valence-corrected chi connectivity index (χ2v) is 8.39. The van der Waals surface area contributed by atoms with E-state index in [1.165, 1.54) is 18.3 Å². The number of halogens is 3. The second kappa shape index (κ2) is 8.82. The van der Waals surface area contributed by atoms with Crippen LogP contribution in [0.3, 0.4) is 0 Å². The molecular formula is C21H21Cl2FN2O5. The lowest BCUT2D eigenvalue weighted by Crippen LogP contribution is -2.31. The summed E-state index contributed by atoms with van der Waals surface area (Å²) in [7, 11) is 0. The number of carbonyl (C=O) groups is 1. The van der Waals surface area contributed by atoms with Crippen LogP contribution in [0.4, 0.5) is 4.39 Å². The van der Waals surface area contributed by atoms with E-state index >= 15 is 0 Å². The van der Waals surface area contributed by atoms with Gasteiger partial charge in [-0.2, -0.15) is 0 Å². The van der Waals surface area contributed by atoms with E-state index in [2.05, 4.69) is 0 Å². The van der Waals surface area contributed by atoms with Gasteiger partial charge in [-0.3, -0.25) is 14.4 Å². The molecule has 0 amide bonds. The summed E-state index contributed by atoms with van der Waals surface area (Å²) in [6, 6.07) is 3.94. The van der Waals surface area contributed by atoms with E-state index < -0.39 is 40.4 Å². The molecule has 0 spiro atoms. The molecule has 0 atom stereocenters. The zero-order chi connectivity index (χ0) is 22.4. The van der Waals surface area contributed by atoms with Crippen LogP contribution in [0, 0.1) is 11.2 Å². The number of pyridine rings is 1. The van der Waals surface area contributed by atoms with Gasteiger partial charge in [0.1, 0.15) is 5.82 Å². The quantitative estimate of drug-likeness (QED) is 0.570. The van der Waals surface area contributed by atoms with Crippen LogP contribution in [0.25, 0.3) is 5.52 Å². The molecule has 2 heterocycles. The Morgan fingerprint density at radius 3 is 2.39 bits per heavy atom. The molecule has 31 heavy (non-hydrogen) atoms. The average molecular weight is 471 g/mol. The van der Waals surface area contributed by atoms with Crippen molar-refractivity contribution >= 4 is 35.3 Å². The lowest BCUT2D eigenvalue weighted by Gasteiger charge is -2.18. The first-order valence-corrected chi connectivity index (χ1v) is 9.43. The normalized spacial score (nSPS) is 11.4. The third-order valence-corrected chi connectivity index (χ3v) is 4.98. The number of nitrogens with zero attached hydrogens (tertiary/aromatic N) is 2. The standard InChI is InChI=1S/C21H20ClFN2O5.ClH/c1-21(2,3)19(29)13-9-25-12(10-26)8-24(20(30)16(25)18(28)17(13)27)7-11-4-5-15(23)14(22)6-11;/h4-6,8-9,26,28H,7,10H2,1-3H3;1H. The van der Waals surface area contributed by atoms with Crippen LogP contribution in [0.15, 0.2) is 40.2 Å². The average Bonchev–Trinajstić information content (AvgIpc) is 2.67. The van der Waals surface area contributed by atoms with Crippen molar-refractivity contribution in [3.8, 4) is 5.75 Å². The molecular weight excluding hydrogens is 450 g/mol. The van der Waals surface area contributed by atoms with Crippen molar-refractivity contribution in [3.05, 3.63) is 78.8 Å². The van der Waals surface area contributed by atoms with Gasteiger partial charge in [-0.15, -0.1) is 12.4 Å². The van der Waals surface area contributed by atoms with Crippen LogP contribution in [0.1, 0.15) is 42.4 Å². The zero-order valence-electron chi connectivity index (χ0n) is 17.0. The third-order valence-electron chi connectivity index (χ3n) is 4.69. The van der Waals surface area contributed by atoms with Crippen molar-refractivity contribution < 1.29 is 19.4 Å². The smallest absolute Gasteiger partial charge is 0.279 e. The fraction of sp³-hybridized carbons (Fsp3) is 0.286. The molecule has 2 aromatic heterocycles. The van der Waals surface area contributed by atoms with E-state index in [4.69, 9.17) is 11.6 Å². The molecule has 0 aliphatic rings. The Kier molecular flexibility index (Phi) is 7.00. The van der Waals surface area contributed by atoms with Crippen LogP contribution in [0.5, 0.6) is 5.75 Å². The molecule has 3 rings (SSSR count). The number of aliphatic hydroxyl groups excluding tert-OH is 1. The molecule has 0 aliphatic heterocycles. The van der Waals surface area contributed by atoms with Gasteiger partial charge in [0.05, 0.1) is 29.4 Å². The molecule has 0 saturated carbocycles. The van der Waals surface area contributed by atoms with Crippen molar-refractivity contribution in [1.82, 2.24) is 8.97 Å². The number of fused-ring (bicyclic) bond motifs is 1. The molecule has 0 saturated heterocycles. The van der Waals surface area contributed by atoms with Gasteiger partial charge in [0, 0.05) is 17.8 Å². The van der Waals surface area contributed by atoms with E-state index in [0.717, 1.165) is 21.2 Å². The number of benzene rings is 1. The molecule has 0 unspecified atom stereocenters. The number of hydrogen-bond donors (Lipinski definition) is 2. The van der Waals surface area contributed by atoms with Gasteiger partial charge in [0.15, 0.2) is 17.0 Å². The molecule has 0 fully saturated rings. The largest absolute Gasteiger partial charge is 0.503 e. The summed E-state index contributed by atoms with van der Waals surface area (Å²) < 4.78 is 15.7. The number of hydrogen-bond acceptors (Lipinski definition) is 5. The Morgan fingerprint density at radius 1 is 1.19 bits per heavy atom. The van der Waals surface area contributed by atoms with Gasteiger partial charge in [0.2, 0.25) is 5.43 Å². The number of aromatic hydroxyl groups is 1. The molecule has 1 aromatic carbocycles. The first kappa shape index (κ1) is 24.6. The van der Waals surface area contributed by atoms with Crippen molar-refractivity contribution in [1.29, 1.82) is 0 Å². The van der Waals surface area contributed by atoms with E-state index in [-0.39, 0.29) is 40.7 Å². The minimum atomic E-state index is -0.960. The number of rotatable bonds is 4. The highest BCUT2D eigenvalue weighted by atomic mass is 35.5.